The fraction of sp³-hybridized carbons (Fsp3) is 0.412. The van der Waals surface area contributed by atoms with Crippen LogP contribution in [0.1, 0.15) is 18.9 Å². The first-order valence-corrected chi connectivity index (χ1v) is 8.20. The average Bonchev–Trinajstić information content (AvgIpc) is 3.11. The number of nitrogens with zero attached hydrogens (tertiary/aromatic N) is 2. The van der Waals surface area contributed by atoms with Crippen LogP contribution in [0, 0.1) is 23.1 Å². The topological polar surface area (TPSA) is 102 Å². The first kappa shape index (κ1) is 21.1. The lowest BCUT2D eigenvalue weighted by Crippen LogP contribution is -2.49. The number of alkyl halides is 3. The second-order valence-electron chi connectivity index (χ2n) is 6.27. The molecule has 1 aliphatic rings. The van der Waals surface area contributed by atoms with Gasteiger partial charge in [0.25, 0.3) is 0 Å². The SMILES string of the molecule is C[C@@H](NC(=O)C(=O)N1CCC(C(=O)Nc2ccc(F)c(C#N)c2)C1)C(F)(F)F. The minimum Gasteiger partial charge on any atom is -0.336 e. The van der Waals surface area contributed by atoms with Gasteiger partial charge in [0.05, 0.1) is 11.5 Å². The molecule has 3 amide bonds. The van der Waals surface area contributed by atoms with Gasteiger partial charge in [0.2, 0.25) is 5.91 Å². The summed E-state index contributed by atoms with van der Waals surface area (Å²) in [6.45, 7) is 0.589. The molecule has 28 heavy (non-hydrogen) atoms. The molecule has 2 rings (SSSR count). The van der Waals surface area contributed by atoms with Crippen molar-refractivity contribution in [3.8, 4) is 6.07 Å². The van der Waals surface area contributed by atoms with Crippen LogP contribution in [-0.2, 0) is 14.4 Å². The molecular weight excluding hydrogens is 384 g/mol. The van der Waals surface area contributed by atoms with Gasteiger partial charge < -0.3 is 15.5 Å². The number of carbonyl (C=O) groups is 3. The molecule has 1 aliphatic heterocycles. The molecule has 1 heterocycles. The van der Waals surface area contributed by atoms with E-state index < -0.39 is 41.7 Å². The van der Waals surface area contributed by atoms with E-state index in [1.54, 1.807) is 11.4 Å². The molecule has 0 saturated carbocycles. The monoisotopic (exact) mass is 400 g/mol. The van der Waals surface area contributed by atoms with Crippen molar-refractivity contribution in [2.24, 2.45) is 5.92 Å². The maximum absolute atomic E-state index is 13.3. The minimum absolute atomic E-state index is 0.0254. The van der Waals surface area contributed by atoms with Gasteiger partial charge in [0.15, 0.2) is 0 Å². The third kappa shape index (κ3) is 4.97. The smallest absolute Gasteiger partial charge is 0.336 e. The highest BCUT2D eigenvalue weighted by Gasteiger charge is 2.40. The van der Waals surface area contributed by atoms with Crippen molar-refractivity contribution < 1.29 is 31.9 Å². The van der Waals surface area contributed by atoms with E-state index in [1.807, 2.05) is 0 Å². The van der Waals surface area contributed by atoms with Crippen LogP contribution >= 0.6 is 0 Å². The van der Waals surface area contributed by atoms with Crippen molar-refractivity contribution in [2.45, 2.75) is 25.6 Å². The Morgan fingerprint density at radius 3 is 2.61 bits per heavy atom. The Balaban J connectivity index is 1.94. The van der Waals surface area contributed by atoms with Crippen LogP contribution < -0.4 is 10.6 Å². The van der Waals surface area contributed by atoms with Gasteiger partial charge in [0, 0.05) is 18.8 Å². The van der Waals surface area contributed by atoms with Gasteiger partial charge in [-0.1, -0.05) is 0 Å². The molecule has 1 fully saturated rings. The van der Waals surface area contributed by atoms with E-state index in [9.17, 15) is 31.9 Å². The van der Waals surface area contributed by atoms with Crippen molar-refractivity contribution in [3.05, 3.63) is 29.6 Å². The number of hydrogen-bond donors (Lipinski definition) is 2. The molecule has 0 spiro atoms. The molecule has 7 nitrogen and oxygen atoms in total. The van der Waals surface area contributed by atoms with Gasteiger partial charge in [-0.2, -0.15) is 18.4 Å². The quantitative estimate of drug-likeness (QED) is 0.594. The van der Waals surface area contributed by atoms with Crippen LogP contribution in [0.2, 0.25) is 0 Å². The zero-order valence-electron chi connectivity index (χ0n) is 14.6. The zero-order valence-corrected chi connectivity index (χ0v) is 14.6. The molecular formula is C17H16F4N4O3. The van der Waals surface area contributed by atoms with E-state index in [0.717, 1.165) is 17.0 Å². The van der Waals surface area contributed by atoms with E-state index in [0.29, 0.717) is 6.92 Å². The van der Waals surface area contributed by atoms with Crippen molar-refractivity contribution in [1.82, 2.24) is 10.2 Å². The first-order valence-electron chi connectivity index (χ1n) is 8.20. The molecule has 0 bridgehead atoms. The first-order chi connectivity index (χ1) is 13.0. The Morgan fingerprint density at radius 1 is 1.32 bits per heavy atom. The Morgan fingerprint density at radius 2 is 2.00 bits per heavy atom. The lowest BCUT2D eigenvalue weighted by atomic mass is 10.1. The van der Waals surface area contributed by atoms with E-state index in [4.69, 9.17) is 5.26 Å². The van der Waals surface area contributed by atoms with Crippen molar-refractivity contribution >= 4 is 23.4 Å². The van der Waals surface area contributed by atoms with Gasteiger partial charge in [-0.3, -0.25) is 14.4 Å². The summed E-state index contributed by atoms with van der Waals surface area (Å²) in [6, 6.07) is 2.88. The average molecular weight is 400 g/mol. The van der Waals surface area contributed by atoms with E-state index >= 15 is 0 Å². The maximum atomic E-state index is 13.3. The molecule has 0 aliphatic carbocycles. The fourth-order valence-electron chi connectivity index (χ4n) is 2.58. The lowest BCUT2D eigenvalue weighted by Gasteiger charge is -2.20. The Labute approximate surface area is 157 Å². The summed E-state index contributed by atoms with van der Waals surface area (Å²) in [4.78, 5) is 36.9. The second kappa shape index (κ2) is 8.24. The summed E-state index contributed by atoms with van der Waals surface area (Å²) in [5.74, 6) is -4.51. The molecule has 1 unspecified atom stereocenters. The van der Waals surface area contributed by atoms with Gasteiger partial charge in [-0.25, -0.2) is 4.39 Å². The lowest BCUT2D eigenvalue weighted by molar-refractivity contribution is -0.162. The molecule has 1 saturated heterocycles. The summed E-state index contributed by atoms with van der Waals surface area (Å²) < 4.78 is 50.7. The number of anilines is 1. The summed E-state index contributed by atoms with van der Waals surface area (Å²) in [6.07, 6.45) is -4.48. The molecule has 1 aromatic rings. The highest BCUT2D eigenvalue weighted by atomic mass is 19.4. The maximum Gasteiger partial charge on any atom is 0.408 e. The molecule has 2 atom stereocenters. The van der Waals surface area contributed by atoms with Crippen LogP contribution in [0.25, 0.3) is 0 Å². The number of benzene rings is 1. The number of halogens is 4. The fourth-order valence-corrected chi connectivity index (χ4v) is 2.58. The summed E-state index contributed by atoms with van der Waals surface area (Å²) in [5, 5.41) is 12.9. The van der Waals surface area contributed by atoms with Gasteiger partial charge in [-0.15, -0.1) is 0 Å². The van der Waals surface area contributed by atoms with Crippen LogP contribution in [0.3, 0.4) is 0 Å². The van der Waals surface area contributed by atoms with Crippen molar-refractivity contribution in [3.63, 3.8) is 0 Å². The summed E-state index contributed by atoms with van der Waals surface area (Å²) in [7, 11) is 0. The summed E-state index contributed by atoms with van der Waals surface area (Å²) in [5.41, 5.74) is -0.0686. The number of hydrogen-bond acceptors (Lipinski definition) is 4. The van der Waals surface area contributed by atoms with E-state index in [2.05, 4.69) is 5.32 Å². The van der Waals surface area contributed by atoms with Crippen LogP contribution in [0.5, 0.6) is 0 Å². The molecule has 0 aromatic heterocycles. The number of likely N-dealkylation sites (tertiary alicyclic amines) is 1. The molecule has 1 aromatic carbocycles. The van der Waals surface area contributed by atoms with Gasteiger partial charge >= 0.3 is 18.0 Å². The third-order valence-corrected chi connectivity index (χ3v) is 4.23. The predicted octanol–water partition coefficient (Wildman–Crippen LogP) is 1.55. The Kier molecular flexibility index (Phi) is 6.23. The zero-order chi connectivity index (χ0) is 21.1. The third-order valence-electron chi connectivity index (χ3n) is 4.23. The van der Waals surface area contributed by atoms with E-state index in [1.165, 1.54) is 6.07 Å². The predicted molar refractivity (Wildman–Crippen MR) is 88.1 cm³/mol. The van der Waals surface area contributed by atoms with Crippen LogP contribution in [0.15, 0.2) is 18.2 Å². The van der Waals surface area contributed by atoms with Crippen LogP contribution in [0.4, 0.5) is 23.2 Å². The standard InChI is InChI=1S/C17H16F4N4O3/c1-9(17(19,20)21)23-15(27)16(28)25-5-4-10(8-25)14(26)24-12-2-3-13(18)11(6-12)7-22/h2-3,6,9-10H,4-5,8H2,1H3,(H,23,27)(H,24,26)/t9-,10?/m1/s1. The number of rotatable bonds is 3. The summed E-state index contributed by atoms with van der Waals surface area (Å²) >= 11 is 0. The molecule has 2 N–H and O–H groups in total. The Bertz CT molecular complexity index is 835. The molecule has 11 heteroatoms. The van der Waals surface area contributed by atoms with Crippen LogP contribution in [-0.4, -0.2) is 47.9 Å². The highest BCUT2D eigenvalue weighted by Crippen LogP contribution is 2.22. The number of nitriles is 1. The number of amides is 3. The molecule has 150 valence electrons. The van der Waals surface area contributed by atoms with Gasteiger partial charge in [0.1, 0.15) is 17.9 Å². The molecule has 0 radical (unpaired) electrons. The Hall–Kier alpha value is -3.16. The van der Waals surface area contributed by atoms with E-state index in [-0.39, 0.29) is 30.8 Å². The van der Waals surface area contributed by atoms with Crippen molar-refractivity contribution in [2.75, 3.05) is 18.4 Å². The van der Waals surface area contributed by atoms with Crippen molar-refractivity contribution in [1.29, 1.82) is 5.26 Å². The second-order valence-corrected chi connectivity index (χ2v) is 6.27. The number of carbonyl (C=O) groups excluding carboxylic acids is 3. The normalized spacial score (nSPS) is 17.6. The minimum atomic E-state index is -4.68. The highest BCUT2D eigenvalue weighted by molar-refractivity contribution is 6.35. The largest absolute Gasteiger partial charge is 0.408 e. The van der Waals surface area contributed by atoms with Gasteiger partial charge in [-0.05, 0) is 31.5 Å². The number of nitrogens with one attached hydrogen (secondary N) is 2.